The molecule has 0 bridgehead atoms. The number of likely N-dealkylation sites (N-methyl/N-ethyl adjacent to an activating group) is 1. The molecule has 2 aliphatic heterocycles. The molecule has 24 heavy (non-hydrogen) atoms. The van der Waals surface area contributed by atoms with E-state index in [1.165, 1.54) is 0 Å². The summed E-state index contributed by atoms with van der Waals surface area (Å²) in [5.41, 5.74) is 0.647. The topological polar surface area (TPSA) is 64.8 Å². The SMILES string of the molecule is CCn1cc(C(=O)N2C[C@@H](CN3CCN(C)CC3)[C@@H](CO)C2)cn1. The van der Waals surface area contributed by atoms with Gasteiger partial charge >= 0.3 is 0 Å². The van der Waals surface area contributed by atoms with Gasteiger partial charge in [-0.1, -0.05) is 0 Å². The van der Waals surface area contributed by atoms with E-state index >= 15 is 0 Å². The number of aryl methyl sites for hydroxylation is 1. The molecule has 134 valence electrons. The van der Waals surface area contributed by atoms with Gasteiger partial charge in [0.2, 0.25) is 0 Å². The van der Waals surface area contributed by atoms with Crippen LogP contribution in [-0.4, -0.2) is 95.0 Å². The number of aromatic nitrogens is 2. The quantitative estimate of drug-likeness (QED) is 0.809. The van der Waals surface area contributed by atoms with E-state index in [1.807, 2.05) is 18.0 Å². The van der Waals surface area contributed by atoms with Crippen LogP contribution in [0.1, 0.15) is 17.3 Å². The normalized spacial score (nSPS) is 26.2. The second kappa shape index (κ2) is 7.63. The average Bonchev–Trinajstić information content (AvgIpc) is 3.23. The minimum atomic E-state index is 0.0361. The maximum atomic E-state index is 12.7. The van der Waals surface area contributed by atoms with E-state index in [0.717, 1.165) is 45.8 Å². The van der Waals surface area contributed by atoms with Crippen LogP contribution in [0, 0.1) is 11.8 Å². The van der Waals surface area contributed by atoms with Gasteiger partial charge in [0.05, 0.1) is 11.8 Å². The lowest BCUT2D eigenvalue weighted by molar-refractivity contribution is 0.0777. The highest BCUT2D eigenvalue weighted by Gasteiger charge is 2.36. The first-order chi connectivity index (χ1) is 11.6. The van der Waals surface area contributed by atoms with Gasteiger partial charge in [-0.05, 0) is 19.9 Å². The fourth-order valence-corrected chi connectivity index (χ4v) is 3.71. The lowest BCUT2D eigenvalue weighted by Crippen LogP contribution is -2.47. The molecule has 2 saturated heterocycles. The Bertz CT molecular complexity index is 553. The highest BCUT2D eigenvalue weighted by molar-refractivity contribution is 5.93. The molecule has 3 rings (SSSR count). The summed E-state index contributed by atoms with van der Waals surface area (Å²) in [5, 5.41) is 13.9. The minimum absolute atomic E-state index is 0.0361. The van der Waals surface area contributed by atoms with Crippen molar-refractivity contribution in [1.29, 1.82) is 0 Å². The molecule has 2 fully saturated rings. The lowest BCUT2D eigenvalue weighted by Gasteiger charge is -2.34. The van der Waals surface area contributed by atoms with Crippen LogP contribution < -0.4 is 0 Å². The Morgan fingerprint density at radius 2 is 1.96 bits per heavy atom. The van der Waals surface area contributed by atoms with Gasteiger partial charge in [-0.2, -0.15) is 5.10 Å². The fraction of sp³-hybridized carbons (Fsp3) is 0.765. The number of nitrogens with zero attached hydrogens (tertiary/aromatic N) is 5. The fourth-order valence-electron chi connectivity index (χ4n) is 3.71. The van der Waals surface area contributed by atoms with Crippen LogP contribution in [0.5, 0.6) is 0 Å². The Morgan fingerprint density at radius 3 is 2.58 bits per heavy atom. The molecule has 0 aliphatic carbocycles. The highest BCUT2D eigenvalue weighted by Crippen LogP contribution is 2.26. The van der Waals surface area contributed by atoms with Gasteiger partial charge < -0.3 is 19.8 Å². The van der Waals surface area contributed by atoms with Crippen LogP contribution in [0.25, 0.3) is 0 Å². The number of aliphatic hydroxyl groups is 1. The Morgan fingerprint density at radius 1 is 1.25 bits per heavy atom. The largest absolute Gasteiger partial charge is 0.396 e. The van der Waals surface area contributed by atoms with E-state index in [1.54, 1.807) is 10.9 Å². The smallest absolute Gasteiger partial charge is 0.257 e. The Labute approximate surface area is 143 Å². The number of piperazine rings is 1. The predicted octanol–water partition coefficient (Wildman–Crippen LogP) is -0.169. The maximum absolute atomic E-state index is 12.7. The van der Waals surface area contributed by atoms with E-state index in [2.05, 4.69) is 21.9 Å². The Hall–Kier alpha value is -1.44. The molecule has 1 amide bonds. The summed E-state index contributed by atoms with van der Waals surface area (Å²) in [6.07, 6.45) is 3.46. The van der Waals surface area contributed by atoms with E-state index in [0.29, 0.717) is 18.0 Å². The van der Waals surface area contributed by atoms with E-state index < -0.39 is 0 Å². The third-order valence-corrected chi connectivity index (χ3v) is 5.39. The zero-order valence-electron chi connectivity index (χ0n) is 14.8. The third kappa shape index (κ3) is 3.79. The first kappa shape index (κ1) is 17.4. The number of carbonyl (C=O) groups is 1. The molecule has 7 heteroatoms. The molecule has 0 radical (unpaired) electrons. The zero-order chi connectivity index (χ0) is 17.1. The molecular weight excluding hydrogens is 306 g/mol. The molecule has 0 spiro atoms. The maximum Gasteiger partial charge on any atom is 0.257 e. The van der Waals surface area contributed by atoms with E-state index in [9.17, 15) is 9.90 Å². The van der Waals surface area contributed by atoms with Crippen LogP contribution >= 0.6 is 0 Å². The first-order valence-electron chi connectivity index (χ1n) is 8.94. The molecule has 0 unspecified atom stereocenters. The number of hydrogen-bond donors (Lipinski definition) is 1. The molecule has 2 atom stereocenters. The minimum Gasteiger partial charge on any atom is -0.396 e. The van der Waals surface area contributed by atoms with Gasteiger partial charge in [0.1, 0.15) is 0 Å². The Kier molecular flexibility index (Phi) is 5.53. The summed E-state index contributed by atoms with van der Waals surface area (Å²) in [6.45, 7) is 9.59. The lowest BCUT2D eigenvalue weighted by atomic mass is 9.96. The van der Waals surface area contributed by atoms with Gasteiger partial charge in [-0.25, -0.2) is 0 Å². The van der Waals surface area contributed by atoms with Crippen molar-refractivity contribution in [3.8, 4) is 0 Å². The van der Waals surface area contributed by atoms with Crippen molar-refractivity contribution in [2.24, 2.45) is 11.8 Å². The first-order valence-corrected chi connectivity index (χ1v) is 8.94. The van der Waals surface area contributed by atoms with Gasteiger partial charge in [0.15, 0.2) is 0 Å². The molecule has 3 heterocycles. The molecule has 0 saturated carbocycles. The summed E-state index contributed by atoms with van der Waals surface area (Å²) in [4.78, 5) is 19.4. The third-order valence-electron chi connectivity index (χ3n) is 5.39. The van der Waals surface area contributed by atoms with Crippen molar-refractivity contribution in [2.45, 2.75) is 13.5 Å². The number of rotatable bonds is 5. The molecule has 1 N–H and O–H groups in total. The van der Waals surface area contributed by atoms with Crippen LogP contribution in [0.2, 0.25) is 0 Å². The zero-order valence-corrected chi connectivity index (χ0v) is 14.8. The second-order valence-corrected chi connectivity index (χ2v) is 7.10. The summed E-state index contributed by atoms with van der Waals surface area (Å²) in [5.74, 6) is 0.562. The standard InChI is InChI=1S/C17H29N5O2/c1-3-22-12-14(8-18-22)17(24)21-10-15(16(11-21)13-23)9-20-6-4-19(2)5-7-20/h8,12,15-16,23H,3-7,9-11,13H2,1-2H3/t15-,16-/m1/s1. The van der Waals surface area contributed by atoms with Crippen molar-refractivity contribution in [1.82, 2.24) is 24.5 Å². The number of hydrogen-bond acceptors (Lipinski definition) is 5. The predicted molar refractivity (Wildman–Crippen MR) is 91.8 cm³/mol. The molecule has 0 aromatic carbocycles. The summed E-state index contributed by atoms with van der Waals surface area (Å²) >= 11 is 0. The van der Waals surface area contributed by atoms with Crippen LogP contribution in [-0.2, 0) is 6.54 Å². The van der Waals surface area contributed by atoms with Gasteiger partial charge in [-0.3, -0.25) is 9.48 Å². The number of likely N-dealkylation sites (tertiary alicyclic amines) is 1. The molecule has 2 aliphatic rings. The van der Waals surface area contributed by atoms with Crippen LogP contribution in [0.15, 0.2) is 12.4 Å². The molecular formula is C17H29N5O2. The number of aliphatic hydroxyl groups excluding tert-OH is 1. The number of amides is 1. The van der Waals surface area contributed by atoms with Crippen LogP contribution in [0.4, 0.5) is 0 Å². The number of carbonyl (C=O) groups excluding carboxylic acids is 1. The van der Waals surface area contributed by atoms with Crippen molar-refractivity contribution >= 4 is 5.91 Å². The average molecular weight is 335 g/mol. The van der Waals surface area contributed by atoms with Gasteiger partial charge in [0, 0.05) is 71.1 Å². The molecule has 1 aromatic rings. The van der Waals surface area contributed by atoms with Crippen molar-refractivity contribution in [2.75, 3.05) is 59.5 Å². The highest BCUT2D eigenvalue weighted by atomic mass is 16.3. The molecule has 1 aromatic heterocycles. The van der Waals surface area contributed by atoms with Gasteiger partial charge in [0.25, 0.3) is 5.91 Å². The summed E-state index contributed by atoms with van der Waals surface area (Å²) in [6, 6.07) is 0. The second-order valence-electron chi connectivity index (χ2n) is 7.10. The monoisotopic (exact) mass is 335 g/mol. The van der Waals surface area contributed by atoms with Crippen molar-refractivity contribution in [3.05, 3.63) is 18.0 Å². The van der Waals surface area contributed by atoms with Crippen molar-refractivity contribution < 1.29 is 9.90 Å². The summed E-state index contributed by atoms with van der Waals surface area (Å²) < 4.78 is 1.77. The Balaban J connectivity index is 1.60. The molecule has 7 nitrogen and oxygen atoms in total. The van der Waals surface area contributed by atoms with Crippen molar-refractivity contribution in [3.63, 3.8) is 0 Å². The van der Waals surface area contributed by atoms with E-state index in [4.69, 9.17) is 0 Å². The summed E-state index contributed by atoms with van der Waals surface area (Å²) in [7, 11) is 2.15. The van der Waals surface area contributed by atoms with E-state index in [-0.39, 0.29) is 18.4 Å². The van der Waals surface area contributed by atoms with Crippen LogP contribution in [0.3, 0.4) is 0 Å². The van der Waals surface area contributed by atoms with Gasteiger partial charge in [-0.15, -0.1) is 0 Å².